The Hall–Kier alpha value is -1.64. The number of anilines is 1. The van der Waals surface area contributed by atoms with Crippen molar-refractivity contribution in [2.45, 2.75) is 17.9 Å². The van der Waals surface area contributed by atoms with Gasteiger partial charge in [-0.1, -0.05) is 6.07 Å². The Kier molecular flexibility index (Phi) is 3.83. The van der Waals surface area contributed by atoms with Crippen LogP contribution in [-0.4, -0.2) is 48.9 Å². The predicted molar refractivity (Wildman–Crippen MR) is 80.5 cm³/mol. The van der Waals surface area contributed by atoms with Crippen molar-refractivity contribution in [3.8, 4) is 0 Å². The molecule has 1 aliphatic heterocycles. The number of nitrogen functional groups attached to an aromatic ring is 1. The van der Waals surface area contributed by atoms with E-state index in [1.165, 1.54) is 17.2 Å². The largest absolute Gasteiger partial charge is 0.381 e. The number of aromatic nitrogens is 2. The summed E-state index contributed by atoms with van der Waals surface area (Å²) >= 11 is 0. The van der Waals surface area contributed by atoms with Gasteiger partial charge in [0.05, 0.1) is 0 Å². The predicted octanol–water partition coefficient (Wildman–Crippen LogP) is 0.291. The van der Waals surface area contributed by atoms with Crippen LogP contribution in [0.15, 0.2) is 29.4 Å². The minimum Gasteiger partial charge on any atom is -0.381 e. The van der Waals surface area contributed by atoms with E-state index in [9.17, 15) is 8.42 Å². The lowest BCUT2D eigenvalue weighted by molar-refractivity contribution is 0.344. The number of fused-ring (bicyclic) bond motifs is 1. The summed E-state index contributed by atoms with van der Waals surface area (Å²) in [4.78, 5) is 6.33. The second kappa shape index (κ2) is 5.63. The quantitative estimate of drug-likeness (QED) is 0.828. The Bertz CT molecular complexity index is 734. The summed E-state index contributed by atoms with van der Waals surface area (Å²) in [6.45, 7) is 3.18. The van der Waals surface area contributed by atoms with Gasteiger partial charge < -0.3 is 10.6 Å². The average molecular weight is 309 g/mol. The summed E-state index contributed by atoms with van der Waals surface area (Å²) in [5, 5.41) is 0.0134. The molecule has 0 spiro atoms. The SMILES string of the molecule is Nc1nc2ccccn2c1S(=O)(=O)NCCN1CCCC1. The Morgan fingerprint density at radius 2 is 2.05 bits per heavy atom. The number of nitrogens with one attached hydrogen (secondary N) is 1. The second-order valence-electron chi connectivity index (χ2n) is 5.18. The summed E-state index contributed by atoms with van der Waals surface area (Å²) in [5.74, 6) is 0.0230. The number of rotatable bonds is 5. The van der Waals surface area contributed by atoms with Crippen molar-refractivity contribution in [3.05, 3.63) is 24.4 Å². The molecular formula is C13H19N5O2S. The zero-order chi connectivity index (χ0) is 14.9. The van der Waals surface area contributed by atoms with Crippen molar-refractivity contribution in [1.82, 2.24) is 19.0 Å². The number of nitrogens with two attached hydrogens (primary N) is 1. The van der Waals surface area contributed by atoms with E-state index in [1.54, 1.807) is 24.4 Å². The number of pyridine rings is 1. The van der Waals surface area contributed by atoms with Crippen molar-refractivity contribution >= 4 is 21.5 Å². The monoisotopic (exact) mass is 309 g/mol. The van der Waals surface area contributed by atoms with E-state index in [2.05, 4.69) is 14.6 Å². The van der Waals surface area contributed by atoms with Crippen molar-refractivity contribution in [2.75, 3.05) is 31.9 Å². The molecule has 0 aliphatic carbocycles. The Morgan fingerprint density at radius 3 is 2.81 bits per heavy atom. The summed E-state index contributed by atoms with van der Waals surface area (Å²) in [6, 6.07) is 5.26. The summed E-state index contributed by atoms with van der Waals surface area (Å²) in [7, 11) is -3.67. The van der Waals surface area contributed by atoms with E-state index in [0.29, 0.717) is 12.2 Å². The van der Waals surface area contributed by atoms with Crippen LogP contribution in [-0.2, 0) is 10.0 Å². The van der Waals surface area contributed by atoms with Crippen LogP contribution in [0.1, 0.15) is 12.8 Å². The van der Waals surface area contributed by atoms with Gasteiger partial charge in [0.2, 0.25) is 0 Å². The number of sulfonamides is 1. The molecule has 0 atom stereocenters. The lowest BCUT2D eigenvalue weighted by Gasteiger charge is -2.14. The van der Waals surface area contributed by atoms with Crippen LogP contribution in [0.2, 0.25) is 0 Å². The normalized spacial score (nSPS) is 16.8. The molecule has 7 nitrogen and oxygen atoms in total. The number of imidazole rings is 1. The van der Waals surface area contributed by atoms with Gasteiger partial charge in [0.1, 0.15) is 5.65 Å². The maximum Gasteiger partial charge on any atom is 0.260 e. The van der Waals surface area contributed by atoms with E-state index in [4.69, 9.17) is 5.73 Å². The van der Waals surface area contributed by atoms with E-state index in [-0.39, 0.29) is 10.8 Å². The van der Waals surface area contributed by atoms with Gasteiger partial charge in [0.15, 0.2) is 10.8 Å². The van der Waals surface area contributed by atoms with E-state index in [0.717, 1.165) is 19.6 Å². The average Bonchev–Trinajstić information content (AvgIpc) is 3.04. The number of likely N-dealkylation sites (tertiary alicyclic amines) is 1. The van der Waals surface area contributed by atoms with Crippen LogP contribution in [0.5, 0.6) is 0 Å². The topological polar surface area (TPSA) is 92.7 Å². The first-order valence-electron chi connectivity index (χ1n) is 7.02. The van der Waals surface area contributed by atoms with Gasteiger partial charge in [-0.15, -0.1) is 0 Å². The molecule has 0 saturated carbocycles. The Labute approximate surface area is 123 Å². The molecule has 0 radical (unpaired) electrons. The third kappa shape index (κ3) is 2.87. The van der Waals surface area contributed by atoms with E-state index < -0.39 is 10.0 Å². The van der Waals surface area contributed by atoms with Gasteiger partial charge in [-0.2, -0.15) is 0 Å². The summed E-state index contributed by atoms with van der Waals surface area (Å²) < 4.78 is 29.0. The van der Waals surface area contributed by atoms with Crippen molar-refractivity contribution in [1.29, 1.82) is 0 Å². The molecule has 3 N–H and O–H groups in total. The molecule has 0 bridgehead atoms. The van der Waals surface area contributed by atoms with Crippen LogP contribution < -0.4 is 10.5 Å². The van der Waals surface area contributed by atoms with Gasteiger partial charge in [0.25, 0.3) is 10.0 Å². The first-order valence-corrected chi connectivity index (χ1v) is 8.51. The molecule has 8 heteroatoms. The van der Waals surface area contributed by atoms with Gasteiger partial charge >= 0.3 is 0 Å². The third-order valence-electron chi connectivity index (χ3n) is 3.68. The molecule has 0 unspecified atom stereocenters. The lowest BCUT2D eigenvalue weighted by Crippen LogP contribution is -2.34. The van der Waals surface area contributed by atoms with Crippen LogP contribution in [0, 0.1) is 0 Å². The van der Waals surface area contributed by atoms with E-state index in [1.807, 2.05) is 0 Å². The number of hydrogen-bond acceptors (Lipinski definition) is 5. The van der Waals surface area contributed by atoms with Crippen LogP contribution in [0.3, 0.4) is 0 Å². The van der Waals surface area contributed by atoms with E-state index >= 15 is 0 Å². The third-order valence-corrected chi connectivity index (χ3v) is 5.18. The lowest BCUT2D eigenvalue weighted by atomic mass is 10.4. The van der Waals surface area contributed by atoms with Gasteiger partial charge in [-0.05, 0) is 38.1 Å². The molecule has 2 aromatic heterocycles. The summed E-state index contributed by atoms with van der Waals surface area (Å²) in [6.07, 6.45) is 4.02. The molecule has 21 heavy (non-hydrogen) atoms. The molecule has 1 saturated heterocycles. The number of nitrogens with zero attached hydrogens (tertiary/aromatic N) is 3. The molecule has 2 aromatic rings. The fourth-order valence-corrected chi connectivity index (χ4v) is 3.90. The van der Waals surface area contributed by atoms with Crippen molar-refractivity contribution < 1.29 is 8.42 Å². The molecule has 1 aliphatic rings. The molecule has 1 fully saturated rings. The second-order valence-corrected chi connectivity index (χ2v) is 6.86. The molecule has 114 valence electrons. The van der Waals surface area contributed by atoms with Gasteiger partial charge in [-0.3, -0.25) is 4.40 Å². The minimum absolute atomic E-state index is 0.0134. The standard InChI is InChI=1S/C13H19N5O2S/c14-12-13(18-9-2-1-5-11(18)16-12)21(19,20)15-6-10-17-7-3-4-8-17/h1-2,5,9,15H,3-4,6-8,10,14H2. The van der Waals surface area contributed by atoms with Crippen LogP contribution in [0.4, 0.5) is 5.82 Å². The Morgan fingerprint density at radius 1 is 1.29 bits per heavy atom. The maximum atomic E-state index is 12.4. The maximum absolute atomic E-state index is 12.4. The van der Waals surface area contributed by atoms with Crippen molar-refractivity contribution in [3.63, 3.8) is 0 Å². The zero-order valence-electron chi connectivity index (χ0n) is 11.7. The molecule has 0 amide bonds. The van der Waals surface area contributed by atoms with Crippen LogP contribution >= 0.6 is 0 Å². The molecular weight excluding hydrogens is 290 g/mol. The first kappa shape index (κ1) is 14.3. The molecule has 3 heterocycles. The Balaban J connectivity index is 1.78. The highest BCUT2D eigenvalue weighted by molar-refractivity contribution is 7.89. The summed E-state index contributed by atoms with van der Waals surface area (Å²) in [5.41, 5.74) is 6.29. The van der Waals surface area contributed by atoms with Gasteiger partial charge in [-0.25, -0.2) is 18.1 Å². The highest BCUT2D eigenvalue weighted by Crippen LogP contribution is 2.19. The van der Waals surface area contributed by atoms with Crippen LogP contribution in [0.25, 0.3) is 5.65 Å². The van der Waals surface area contributed by atoms with Gasteiger partial charge in [0, 0.05) is 19.3 Å². The van der Waals surface area contributed by atoms with Crippen molar-refractivity contribution in [2.24, 2.45) is 0 Å². The first-order chi connectivity index (χ1) is 10.1. The minimum atomic E-state index is -3.67. The highest BCUT2D eigenvalue weighted by Gasteiger charge is 2.23. The molecule has 3 rings (SSSR count). The fraction of sp³-hybridized carbons (Fsp3) is 0.462. The fourth-order valence-electron chi connectivity index (χ4n) is 2.67. The number of hydrogen-bond donors (Lipinski definition) is 2. The zero-order valence-corrected chi connectivity index (χ0v) is 12.5. The highest BCUT2D eigenvalue weighted by atomic mass is 32.2. The molecule has 0 aromatic carbocycles. The smallest absolute Gasteiger partial charge is 0.260 e.